The van der Waals surface area contributed by atoms with Crippen LogP contribution in [0.5, 0.6) is 0 Å². The number of benzene rings is 1. The number of nitrogens with zero attached hydrogens (tertiary/aromatic N) is 2. The summed E-state index contributed by atoms with van der Waals surface area (Å²) in [5.74, 6) is -0.660. The third kappa shape index (κ3) is 2.67. The van der Waals surface area contributed by atoms with Gasteiger partial charge in [-0.3, -0.25) is 4.79 Å². The fraction of sp³-hybridized carbons (Fsp3) is 0.421. The van der Waals surface area contributed by atoms with Gasteiger partial charge in [0.2, 0.25) is 0 Å². The van der Waals surface area contributed by atoms with E-state index >= 15 is 0 Å². The summed E-state index contributed by atoms with van der Waals surface area (Å²) in [4.78, 5) is 26.2. The number of hydrogen-bond acceptors (Lipinski definition) is 6. The molecule has 0 radical (unpaired) electrons. The van der Waals surface area contributed by atoms with Crippen LogP contribution in [0.1, 0.15) is 26.5 Å². The number of halogens is 1. The molecule has 1 amide bonds. The molecular weight excluding hydrogens is 446 g/mol. The Morgan fingerprint density at radius 2 is 1.96 bits per heavy atom. The van der Waals surface area contributed by atoms with E-state index in [9.17, 15) is 14.7 Å². The topological polar surface area (TPSA) is 95.7 Å². The molecule has 2 N–H and O–H groups in total. The summed E-state index contributed by atoms with van der Waals surface area (Å²) in [6.07, 6.45) is 0. The molecule has 0 aliphatic carbocycles. The number of carboxylic acid groups (broad SMARTS) is 1. The fourth-order valence-corrected chi connectivity index (χ4v) is 5.82. The van der Waals surface area contributed by atoms with E-state index in [2.05, 4.69) is 26.4 Å². The van der Waals surface area contributed by atoms with Gasteiger partial charge >= 0.3 is 5.97 Å². The van der Waals surface area contributed by atoms with E-state index in [0.717, 1.165) is 10.0 Å². The molecule has 1 aromatic heterocycles. The van der Waals surface area contributed by atoms with Gasteiger partial charge in [-0.1, -0.05) is 21.1 Å². The van der Waals surface area contributed by atoms with Crippen molar-refractivity contribution in [3.8, 4) is 11.3 Å². The number of nitrogens with one attached hydrogen (secondary N) is 1. The number of anilines is 1. The first-order valence-electron chi connectivity index (χ1n) is 8.80. The van der Waals surface area contributed by atoms with Gasteiger partial charge in [-0.2, -0.15) is 0 Å². The molecule has 9 heteroatoms. The minimum Gasteiger partial charge on any atom is -0.480 e. The van der Waals surface area contributed by atoms with Crippen molar-refractivity contribution in [3.63, 3.8) is 0 Å². The normalized spacial score (nSPS) is 28.0. The molecule has 2 aromatic rings. The van der Waals surface area contributed by atoms with Crippen LogP contribution in [0.15, 0.2) is 33.3 Å². The zero-order chi connectivity index (χ0) is 20.4. The monoisotopic (exact) mass is 465 g/mol. The zero-order valence-corrected chi connectivity index (χ0v) is 18.2. The highest BCUT2D eigenvalue weighted by atomic mass is 79.9. The van der Waals surface area contributed by atoms with Crippen molar-refractivity contribution in [1.82, 2.24) is 10.1 Å². The Morgan fingerprint density at radius 1 is 1.32 bits per heavy atom. The molecule has 2 saturated heterocycles. The molecule has 7 nitrogen and oxygen atoms in total. The number of aromatic nitrogens is 1. The fourth-order valence-electron chi connectivity index (χ4n) is 3.91. The van der Waals surface area contributed by atoms with E-state index in [1.54, 1.807) is 0 Å². The predicted octanol–water partition coefficient (Wildman–Crippen LogP) is 3.73. The molecule has 0 unspecified atom stereocenters. The first-order chi connectivity index (χ1) is 13.1. The maximum Gasteiger partial charge on any atom is 0.327 e. The Bertz CT molecular complexity index is 974. The third-order valence-corrected chi connectivity index (χ3v) is 7.65. The quantitative estimate of drug-likeness (QED) is 0.663. The minimum atomic E-state index is -0.980. The predicted molar refractivity (Wildman–Crippen MR) is 110 cm³/mol. The molecule has 2 aliphatic heterocycles. The molecule has 4 rings (SSSR count). The first kappa shape index (κ1) is 19.3. The molecule has 2 fully saturated rings. The van der Waals surface area contributed by atoms with Gasteiger partial charge in [0.05, 0.1) is 0 Å². The average molecular weight is 466 g/mol. The number of aryl methyl sites for hydroxylation is 1. The van der Waals surface area contributed by atoms with E-state index in [1.165, 1.54) is 16.7 Å². The van der Waals surface area contributed by atoms with Gasteiger partial charge in [-0.05, 0) is 52.0 Å². The summed E-state index contributed by atoms with van der Waals surface area (Å²) in [6.45, 7) is 7.34. The van der Waals surface area contributed by atoms with Crippen LogP contribution in [0.25, 0.3) is 11.3 Å². The van der Waals surface area contributed by atoms with Crippen molar-refractivity contribution < 1.29 is 19.2 Å². The number of aliphatic carboxylic acids is 1. The lowest BCUT2D eigenvalue weighted by molar-refractivity contribution is -0.163. The number of thioether (sulfide) groups is 1. The summed E-state index contributed by atoms with van der Waals surface area (Å²) >= 11 is 4.92. The lowest BCUT2D eigenvalue weighted by Gasteiger charge is -2.51. The Morgan fingerprint density at radius 3 is 2.57 bits per heavy atom. The van der Waals surface area contributed by atoms with Gasteiger partial charge in [0, 0.05) is 14.8 Å². The number of rotatable bonds is 4. The highest BCUT2D eigenvalue weighted by Gasteiger charge is 2.69. The number of carboxylic acids is 1. The second kappa shape index (κ2) is 6.25. The maximum atomic E-state index is 13.0. The molecule has 28 heavy (non-hydrogen) atoms. The van der Waals surface area contributed by atoms with Crippen molar-refractivity contribution in [2.24, 2.45) is 0 Å². The molecule has 0 spiro atoms. The van der Waals surface area contributed by atoms with Crippen LogP contribution in [0.4, 0.5) is 5.69 Å². The van der Waals surface area contributed by atoms with Crippen molar-refractivity contribution in [2.45, 2.75) is 49.4 Å². The Kier molecular flexibility index (Phi) is 4.31. The van der Waals surface area contributed by atoms with Gasteiger partial charge in [0.25, 0.3) is 5.91 Å². The highest BCUT2D eigenvalue weighted by Crippen LogP contribution is 2.56. The smallest absolute Gasteiger partial charge is 0.327 e. The lowest BCUT2D eigenvalue weighted by atomic mass is 9.85. The zero-order valence-electron chi connectivity index (χ0n) is 15.8. The van der Waals surface area contributed by atoms with Gasteiger partial charge in [0.1, 0.15) is 28.3 Å². The molecule has 1 aromatic carbocycles. The summed E-state index contributed by atoms with van der Waals surface area (Å²) in [5, 5.41) is 16.7. The molecule has 148 valence electrons. The van der Waals surface area contributed by atoms with Crippen molar-refractivity contribution >= 4 is 45.3 Å². The van der Waals surface area contributed by atoms with Crippen LogP contribution in [0, 0.1) is 6.92 Å². The Hall–Kier alpha value is -2.00. The van der Waals surface area contributed by atoms with Crippen LogP contribution in [0.2, 0.25) is 0 Å². The van der Waals surface area contributed by atoms with E-state index in [-0.39, 0.29) is 11.3 Å². The number of amides is 1. The van der Waals surface area contributed by atoms with E-state index in [0.29, 0.717) is 17.1 Å². The summed E-state index contributed by atoms with van der Waals surface area (Å²) in [5.41, 5.74) is 1.19. The van der Waals surface area contributed by atoms with Crippen LogP contribution in [0.3, 0.4) is 0 Å². The SMILES string of the molecule is Cc1noc(-c2ccc(Br)cc2)c1N[C@@]1(C)C(=O)N2[C@@H](C(=O)O)C(C)(C)S[C@@H]21. The van der Waals surface area contributed by atoms with E-state index in [4.69, 9.17) is 4.52 Å². The summed E-state index contributed by atoms with van der Waals surface area (Å²) in [6, 6.07) is 6.77. The first-order valence-corrected chi connectivity index (χ1v) is 10.5. The molecule has 0 bridgehead atoms. The summed E-state index contributed by atoms with van der Waals surface area (Å²) < 4.78 is 5.90. The Balaban J connectivity index is 1.68. The molecule has 2 aliphatic rings. The van der Waals surface area contributed by atoms with Crippen molar-refractivity contribution in [3.05, 3.63) is 34.4 Å². The maximum absolute atomic E-state index is 13.0. The Labute approximate surface area is 175 Å². The van der Waals surface area contributed by atoms with Gasteiger partial charge in [0.15, 0.2) is 5.76 Å². The van der Waals surface area contributed by atoms with E-state index < -0.39 is 22.3 Å². The van der Waals surface area contributed by atoms with Crippen LogP contribution in [-0.4, -0.2) is 48.7 Å². The highest BCUT2D eigenvalue weighted by molar-refractivity contribution is 9.10. The number of carbonyl (C=O) groups excluding carboxylic acids is 1. The molecule has 3 heterocycles. The second-order valence-electron chi connectivity index (χ2n) is 7.83. The van der Waals surface area contributed by atoms with Gasteiger partial charge in [-0.25, -0.2) is 4.79 Å². The number of hydrogen-bond donors (Lipinski definition) is 2. The van der Waals surface area contributed by atoms with Crippen LogP contribution in [-0.2, 0) is 9.59 Å². The molecule has 0 saturated carbocycles. The third-order valence-electron chi connectivity index (χ3n) is 5.37. The standard InChI is InChI=1S/C19H20BrN3O4S/c1-9-12(13(27-22-9)10-5-7-11(20)8-6-10)21-19(4)16(26)23-14(15(24)25)18(2,3)28-17(19)23/h5-8,14,17,21H,1-4H3,(H,24,25)/t14-,17+,19-/m0/s1. The molecular formula is C19H20BrN3O4S. The van der Waals surface area contributed by atoms with Gasteiger partial charge < -0.3 is 19.8 Å². The summed E-state index contributed by atoms with van der Waals surface area (Å²) in [7, 11) is 0. The minimum absolute atomic E-state index is 0.231. The van der Waals surface area contributed by atoms with Crippen molar-refractivity contribution in [1.29, 1.82) is 0 Å². The lowest BCUT2D eigenvalue weighted by Crippen LogP contribution is -2.75. The van der Waals surface area contributed by atoms with Gasteiger partial charge in [-0.15, -0.1) is 11.8 Å². The molecule has 3 atom stereocenters. The number of β-lactam (4-membered cyclic amide) rings is 1. The van der Waals surface area contributed by atoms with Crippen molar-refractivity contribution in [2.75, 3.05) is 5.32 Å². The number of fused-ring (bicyclic) bond motifs is 1. The average Bonchev–Trinajstić information content (AvgIpc) is 3.11. The van der Waals surface area contributed by atoms with Crippen LogP contribution < -0.4 is 5.32 Å². The number of carbonyl (C=O) groups is 2. The second-order valence-corrected chi connectivity index (χ2v) is 10.5. The largest absolute Gasteiger partial charge is 0.480 e. The van der Waals surface area contributed by atoms with Crippen LogP contribution >= 0.6 is 27.7 Å². The van der Waals surface area contributed by atoms with E-state index in [1.807, 2.05) is 52.0 Å².